The maximum absolute atomic E-state index is 5.92. The molecule has 0 saturated carbocycles. The van der Waals surface area contributed by atoms with Crippen molar-refractivity contribution in [1.29, 1.82) is 0 Å². The Hall–Kier alpha value is -2.81. The van der Waals surface area contributed by atoms with Crippen LogP contribution in [0, 0.1) is 0 Å². The van der Waals surface area contributed by atoms with E-state index in [1.165, 1.54) is 11.3 Å². The van der Waals surface area contributed by atoms with Gasteiger partial charge in [0.05, 0.1) is 6.08 Å². The fourth-order valence-electron chi connectivity index (χ4n) is 2.69. The summed E-state index contributed by atoms with van der Waals surface area (Å²) in [5.41, 5.74) is 4.43. The average molecular weight is 319 g/mol. The number of oxazole rings is 1. The number of rotatable bonds is 5. The Balaban J connectivity index is 1.76. The van der Waals surface area contributed by atoms with E-state index in [0.29, 0.717) is 0 Å². The van der Waals surface area contributed by atoms with Crippen LogP contribution in [-0.2, 0) is 6.54 Å². The molecule has 3 nitrogen and oxygen atoms in total. The summed E-state index contributed by atoms with van der Waals surface area (Å²) in [6.07, 6.45) is 8.16. The van der Waals surface area contributed by atoms with Crippen molar-refractivity contribution in [2.75, 3.05) is 19.0 Å². The second kappa shape index (κ2) is 7.18. The van der Waals surface area contributed by atoms with Gasteiger partial charge in [0, 0.05) is 25.8 Å². The Morgan fingerprint density at radius 3 is 2.38 bits per heavy atom. The Labute approximate surface area is 143 Å². The van der Waals surface area contributed by atoms with Gasteiger partial charge in [0.2, 0.25) is 5.58 Å². The van der Waals surface area contributed by atoms with Gasteiger partial charge in [-0.15, -0.1) is 0 Å². The zero-order chi connectivity index (χ0) is 16.9. The van der Waals surface area contributed by atoms with E-state index in [0.717, 1.165) is 23.5 Å². The molecule has 0 saturated heterocycles. The van der Waals surface area contributed by atoms with Gasteiger partial charge in [-0.05, 0) is 30.7 Å². The number of aromatic nitrogens is 1. The summed E-state index contributed by atoms with van der Waals surface area (Å²) in [7, 11) is 4.09. The SMILES string of the molecule is CC[n+]1c(/C=C/C=C/c2ccc(N(C)C)cc2)oc2ccccc21. The average Bonchev–Trinajstić information content (AvgIpc) is 2.96. The summed E-state index contributed by atoms with van der Waals surface area (Å²) in [5, 5.41) is 0. The zero-order valence-corrected chi connectivity index (χ0v) is 14.4. The molecule has 0 aliphatic heterocycles. The van der Waals surface area contributed by atoms with Gasteiger partial charge in [0.15, 0.2) is 0 Å². The lowest BCUT2D eigenvalue weighted by molar-refractivity contribution is -0.674. The quantitative estimate of drug-likeness (QED) is 0.508. The van der Waals surface area contributed by atoms with Gasteiger partial charge in [-0.25, -0.2) is 0 Å². The summed E-state index contributed by atoms with van der Waals surface area (Å²) in [5.74, 6) is 0.867. The Bertz CT molecular complexity index is 870. The third-order valence-electron chi connectivity index (χ3n) is 4.00. The number of benzene rings is 2. The summed E-state index contributed by atoms with van der Waals surface area (Å²) in [4.78, 5) is 2.10. The molecule has 122 valence electrons. The van der Waals surface area contributed by atoms with Crippen molar-refractivity contribution < 1.29 is 8.98 Å². The van der Waals surface area contributed by atoms with Crippen LogP contribution in [0.15, 0.2) is 65.1 Å². The van der Waals surface area contributed by atoms with Crippen LogP contribution in [0.1, 0.15) is 18.4 Å². The largest absolute Gasteiger partial charge is 0.398 e. The van der Waals surface area contributed by atoms with Crippen LogP contribution in [0.25, 0.3) is 23.3 Å². The first-order chi connectivity index (χ1) is 11.7. The highest BCUT2D eigenvalue weighted by Crippen LogP contribution is 2.15. The summed E-state index contributed by atoms with van der Waals surface area (Å²) in [6, 6.07) is 16.6. The first kappa shape index (κ1) is 16.1. The molecule has 3 rings (SSSR count). The topological polar surface area (TPSA) is 20.3 Å². The van der Waals surface area contributed by atoms with Gasteiger partial charge in [-0.3, -0.25) is 0 Å². The van der Waals surface area contributed by atoms with Gasteiger partial charge in [0.25, 0.3) is 5.52 Å². The first-order valence-electron chi connectivity index (χ1n) is 8.22. The number of hydrogen-bond donors (Lipinski definition) is 0. The van der Waals surface area contributed by atoms with Gasteiger partial charge < -0.3 is 9.32 Å². The van der Waals surface area contributed by atoms with E-state index >= 15 is 0 Å². The van der Waals surface area contributed by atoms with E-state index in [1.54, 1.807) is 0 Å². The number of anilines is 1. The fraction of sp³-hybridized carbons (Fsp3) is 0.190. The molecule has 1 heterocycles. The van der Waals surface area contributed by atoms with Crippen LogP contribution >= 0.6 is 0 Å². The first-order valence-corrected chi connectivity index (χ1v) is 8.22. The molecular formula is C21H23N2O+. The lowest BCUT2D eigenvalue weighted by Gasteiger charge is -2.11. The minimum Gasteiger partial charge on any atom is -0.398 e. The van der Waals surface area contributed by atoms with Crippen LogP contribution in [0.5, 0.6) is 0 Å². The Morgan fingerprint density at radius 1 is 0.958 bits per heavy atom. The normalized spacial score (nSPS) is 11.8. The fourth-order valence-corrected chi connectivity index (χ4v) is 2.69. The van der Waals surface area contributed by atoms with Crippen molar-refractivity contribution in [3.8, 4) is 0 Å². The van der Waals surface area contributed by atoms with Crippen LogP contribution in [0.2, 0.25) is 0 Å². The highest BCUT2D eigenvalue weighted by molar-refractivity contribution is 5.69. The molecule has 3 heteroatoms. The van der Waals surface area contributed by atoms with Crippen molar-refractivity contribution in [2.45, 2.75) is 13.5 Å². The minimum atomic E-state index is 0.867. The molecule has 0 amide bonds. The predicted octanol–water partition coefficient (Wildman–Crippen LogP) is 4.53. The molecule has 0 aliphatic carbocycles. The van der Waals surface area contributed by atoms with E-state index in [1.807, 2.05) is 50.5 Å². The third kappa shape index (κ3) is 3.40. The maximum Gasteiger partial charge on any atom is 0.374 e. The van der Waals surface area contributed by atoms with Crippen molar-refractivity contribution in [1.82, 2.24) is 0 Å². The van der Waals surface area contributed by atoms with Gasteiger partial charge in [-0.2, -0.15) is 4.57 Å². The van der Waals surface area contributed by atoms with Crippen molar-refractivity contribution in [3.05, 3.63) is 72.1 Å². The van der Waals surface area contributed by atoms with Crippen LogP contribution in [0.4, 0.5) is 5.69 Å². The van der Waals surface area contributed by atoms with Crippen LogP contribution in [0.3, 0.4) is 0 Å². The second-order valence-corrected chi connectivity index (χ2v) is 5.86. The number of fused-ring (bicyclic) bond motifs is 1. The van der Waals surface area contributed by atoms with E-state index in [-0.39, 0.29) is 0 Å². The molecule has 1 aromatic heterocycles. The van der Waals surface area contributed by atoms with Crippen LogP contribution in [-0.4, -0.2) is 14.1 Å². The molecule has 0 spiro atoms. The molecule has 0 bridgehead atoms. The van der Waals surface area contributed by atoms with Crippen molar-refractivity contribution in [3.63, 3.8) is 0 Å². The third-order valence-corrected chi connectivity index (χ3v) is 4.00. The van der Waals surface area contributed by atoms with E-state index in [9.17, 15) is 0 Å². The zero-order valence-electron chi connectivity index (χ0n) is 14.4. The molecule has 2 aromatic carbocycles. The lowest BCUT2D eigenvalue weighted by Crippen LogP contribution is -2.33. The lowest BCUT2D eigenvalue weighted by atomic mass is 10.2. The molecule has 0 fully saturated rings. The van der Waals surface area contributed by atoms with Crippen molar-refractivity contribution >= 4 is 28.9 Å². The molecule has 3 aromatic rings. The number of allylic oxidation sites excluding steroid dienone is 2. The highest BCUT2D eigenvalue weighted by Gasteiger charge is 2.17. The number of nitrogens with zero attached hydrogens (tertiary/aromatic N) is 2. The van der Waals surface area contributed by atoms with Gasteiger partial charge >= 0.3 is 5.89 Å². The minimum absolute atomic E-state index is 0.867. The number of para-hydroxylation sites is 2. The molecule has 0 atom stereocenters. The van der Waals surface area contributed by atoms with E-state index in [2.05, 4.69) is 52.8 Å². The predicted molar refractivity (Wildman–Crippen MR) is 101 cm³/mol. The summed E-state index contributed by atoms with van der Waals surface area (Å²) in [6.45, 7) is 3.01. The molecule has 0 aliphatic rings. The van der Waals surface area contributed by atoms with Crippen LogP contribution < -0.4 is 9.47 Å². The second-order valence-electron chi connectivity index (χ2n) is 5.86. The molecule has 24 heavy (non-hydrogen) atoms. The number of aryl methyl sites for hydroxylation is 1. The Morgan fingerprint density at radius 2 is 1.67 bits per heavy atom. The van der Waals surface area contributed by atoms with Crippen molar-refractivity contribution in [2.24, 2.45) is 0 Å². The molecular weight excluding hydrogens is 296 g/mol. The van der Waals surface area contributed by atoms with E-state index in [4.69, 9.17) is 4.42 Å². The Kier molecular flexibility index (Phi) is 4.80. The standard InChI is InChI=1S/C21H23N2O/c1-4-23-19-10-6-7-11-20(19)24-21(23)12-8-5-9-17-13-15-18(16-14-17)22(2)3/h5-16H,4H2,1-3H3/q+1. The molecule has 0 radical (unpaired) electrons. The monoisotopic (exact) mass is 319 g/mol. The molecule has 0 unspecified atom stereocenters. The summed E-state index contributed by atoms with van der Waals surface area (Å²) < 4.78 is 8.09. The number of hydrogen-bond acceptors (Lipinski definition) is 2. The smallest absolute Gasteiger partial charge is 0.374 e. The van der Waals surface area contributed by atoms with E-state index < -0.39 is 0 Å². The summed E-state index contributed by atoms with van der Waals surface area (Å²) >= 11 is 0. The van der Waals surface area contributed by atoms with Gasteiger partial charge in [-0.1, -0.05) is 42.5 Å². The maximum atomic E-state index is 5.92. The molecule has 0 N–H and O–H groups in total. The highest BCUT2D eigenvalue weighted by atomic mass is 16.3. The van der Waals surface area contributed by atoms with Gasteiger partial charge in [0.1, 0.15) is 6.54 Å².